The predicted octanol–water partition coefficient (Wildman–Crippen LogP) is 1.96. The van der Waals surface area contributed by atoms with Gasteiger partial charge in [0.25, 0.3) is 0 Å². The second-order valence-corrected chi connectivity index (χ2v) is 3.66. The van der Waals surface area contributed by atoms with Crippen LogP contribution < -0.4 is 4.74 Å². The van der Waals surface area contributed by atoms with Crippen molar-refractivity contribution in [2.45, 2.75) is 32.7 Å². The molecule has 12 heavy (non-hydrogen) atoms. The largest absolute Gasteiger partial charge is 0.475 e. The normalized spacial score (nSPS) is 21.2. The molecule has 1 aliphatic heterocycles. The molecule has 1 aromatic heterocycles. The number of ether oxygens (including phenoxy) is 1. The first-order valence-corrected chi connectivity index (χ1v) is 4.40. The molecular formula is C9H14N2O. The molecule has 1 aromatic rings. The van der Waals surface area contributed by atoms with E-state index in [0.29, 0.717) is 12.0 Å². The highest BCUT2D eigenvalue weighted by Gasteiger charge is 2.24. The molecule has 0 saturated heterocycles. The van der Waals surface area contributed by atoms with Gasteiger partial charge in [0.15, 0.2) is 0 Å². The van der Waals surface area contributed by atoms with Gasteiger partial charge in [-0.2, -0.15) is 5.10 Å². The fraction of sp³-hybridized carbons (Fsp3) is 0.667. The van der Waals surface area contributed by atoms with Gasteiger partial charge in [-0.1, -0.05) is 13.8 Å². The highest BCUT2D eigenvalue weighted by atomic mass is 16.5. The third kappa shape index (κ3) is 0.924. The molecule has 0 saturated carbocycles. The fourth-order valence-electron chi connectivity index (χ4n) is 1.49. The van der Waals surface area contributed by atoms with Crippen molar-refractivity contribution in [1.29, 1.82) is 0 Å². The van der Waals surface area contributed by atoms with Gasteiger partial charge in [-0.3, -0.25) is 0 Å². The Kier molecular flexibility index (Phi) is 1.60. The van der Waals surface area contributed by atoms with Crippen molar-refractivity contribution in [3.05, 3.63) is 11.8 Å². The maximum Gasteiger partial charge on any atom is 0.215 e. The van der Waals surface area contributed by atoms with Crippen LogP contribution in [-0.4, -0.2) is 16.4 Å². The van der Waals surface area contributed by atoms with Gasteiger partial charge in [-0.05, 0) is 12.8 Å². The lowest BCUT2D eigenvalue weighted by atomic mass is 10.1. The molecule has 0 fully saturated rings. The lowest BCUT2D eigenvalue weighted by Crippen LogP contribution is -2.02. The molecule has 2 heterocycles. The van der Waals surface area contributed by atoms with Gasteiger partial charge < -0.3 is 4.74 Å². The summed E-state index contributed by atoms with van der Waals surface area (Å²) >= 11 is 0. The van der Waals surface area contributed by atoms with Crippen LogP contribution in [0.5, 0.6) is 5.88 Å². The minimum Gasteiger partial charge on any atom is -0.475 e. The molecule has 3 nitrogen and oxygen atoms in total. The smallest absolute Gasteiger partial charge is 0.215 e. The van der Waals surface area contributed by atoms with Gasteiger partial charge in [-0.25, -0.2) is 4.68 Å². The van der Waals surface area contributed by atoms with Crippen LogP contribution in [0.25, 0.3) is 0 Å². The third-order valence-corrected chi connectivity index (χ3v) is 2.28. The standard InChI is InChI=1S/C9H14N2O/c1-6(2)8-4-10-11-7(3)5-12-9(8)11/h4,6-7H,5H2,1-3H3. The Balaban J connectivity index is 2.43. The summed E-state index contributed by atoms with van der Waals surface area (Å²) in [5.41, 5.74) is 1.22. The average molecular weight is 166 g/mol. The monoisotopic (exact) mass is 166 g/mol. The molecule has 0 aliphatic carbocycles. The van der Waals surface area contributed by atoms with E-state index in [1.165, 1.54) is 5.56 Å². The number of fused-ring (bicyclic) bond motifs is 1. The van der Waals surface area contributed by atoms with Crippen molar-refractivity contribution >= 4 is 0 Å². The molecule has 1 aliphatic rings. The number of rotatable bonds is 1. The molecule has 2 rings (SSSR count). The van der Waals surface area contributed by atoms with E-state index in [4.69, 9.17) is 4.74 Å². The lowest BCUT2D eigenvalue weighted by Gasteiger charge is -2.02. The molecular weight excluding hydrogens is 152 g/mol. The Morgan fingerprint density at radius 1 is 1.67 bits per heavy atom. The van der Waals surface area contributed by atoms with Gasteiger partial charge in [0.2, 0.25) is 5.88 Å². The first-order valence-electron chi connectivity index (χ1n) is 4.40. The molecule has 0 bridgehead atoms. The molecule has 66 valence electrons. The highest BCUT2D eigenvalue weighted by molar-refractivity contribution is 5.29. The molecule has 3 heteroatoms. The second-order valence-electron chi connectivity index (χ2n) is 3.66. The van der Waals surface area contributed by atoms with Crippen LogP contribution in [0.4, 0.5) is 0 Å². The summed E-state index contributed by atoms with van der Waals surface area (Å²) in [6, 6.07) is 0.396. The number of aromatic nitrogens is 2. The van der Waals surface area contributed by atoms with E-state index in [9.17, 15) is 0 Å². The van der Waals surface area contributed by atoms with Crippen LogP contribution in [-0.2, 0) is 0 Å². The number of hydrogen-bond acceptors (Lipinski definition) is 2. The summed E-state index contributed by atoms with van der Waals surface area (Å²) in [4.78, 5) is 0. The zero-order chi connectivity index (χ0) is 8.72. The highest BCUT2D eigenvalue weighted by Crippen LogP contribution is 2.32. The van der Waals surface area contributed by atoms with Crippen molar-refractivity contribution in [3.8, 4) is 5.88 Å². The summed E-state index contributed by atoms with van der Waals surface area (Å²) in [7, 11) is 0. The molecule has 1 unspecified atom stereocenters. The first kappa shape index (κ1) is 7.65. The van der Waals surface area contributed by atoms with Crippen molar-refractivity contribution in [2.75, 3.05) is 6.61 Å². The maximum absolute atomic E-state index is 5.54. The summed E-state index contributed by atoms with van der Waals surface area (Å²) < 4.78 is 7.51. The Hall–Kier alpha value is -0.990. The minimum atomic E-state index is 0.396. The average Bonchev–Trinajstić information content (AvgIpc) is 2.53. The lowest BCUT2D eigenvalue weighted by molar-refractivity contribution is 0.330. The summed E-state index contributed by atoms with van der Waals surface area (Å²) in [5, 5.41) is 4.29. The number of nitrogens with zero attached hydrogens (tertiary/aromatic N) is 2. The van der Waals surface area contributed by atoms with E-state index < -0.39 is 0 Å². The topological polar surface area (TPSA) is 27.1 Å². The zero-order valence-corrected chi connectivity index (χ0v) is 7.74. The van der Waals surface area contributed by atoms with Crippen LogP contribution in [0.1, 0.15) is 38.3 Å². The van der Waals surface area contributed by atoms with E-state index in [1.807, 2.05) is 10.9 Å². The Morgan fingerprint density at radius 2 is 2.42 bits per heavy atom. The minimum absolute atomic E-state index is 0.396. The third-order valence-electron chi connectivity index (χ3n) is 2.28. The molecule has 0 radical (unpaired) electrons. The van der Waals surface area contributed by atoms with Crippen molar-refractivity contribution in [2.24, 2.45) is 0 Å². The van der Waals surface area contributed by atoms with Crippen molar-refractivity contribution < 1.29 is 4.74 Å². The quantitative estimate of drug-likeness (QED) is 0.637. The van der Waals surface area contributed by atoms with E-state index >= 15 is 0 Å². The van der Waals surface area contributed by atoms with E-state index in [-0.39, 0.29) is 0 Å². The summed E-state index contributed by atoms with van der Waals surface area (Å²) in [6.07, 6.45) is 1.91. The Morgan fingerprint density at radius 3 is 3.08 bits per heavy atom. The van der Waals surface area contributed by atoms with Crippen LogP contribution >= 0.6 is 0 Å². The van der Waals surface area contributed by atoms with Gasteiger partial charge in [0, 0.05) is 5.56 Å². The summed E-state index contributed by atoms with van der Waals surface area (Å²) in [6.45, 7) is 7.20. The molecule has 1 atom stereocenters. The van der Waals surface area contributed by atoms with E-state index in [1.54, 1.807) is 0 Å². The maximum atomic E-state index is 5.54. The van der Waals surface area contributed by atoms with Crippen LogP contribution in [0.3, 0.4) is 0 Å². The van der Waals surface area contributed by atoms with Gasteiger partial charge in [0.05, 0.1) is 12.2 Å². The van der Waals surface area contributed by atoms with E-state index in [2.05, 4.69) is 25.9 Å². The van der Waals surface area contributed by atoms with Crippen LogP contribution in [0, 0.1) is 0 Å². The van der Waals surface area contributed by atoms with Crippen molar-refractivity contribution in [1.82, 2.24) is 9.78 Å². The van der Waals surface area contributed by atoms with Crippen molar-refractivity contribution in [3.63, 3.8) is 0 Å². The van der Waals surface area contributed by atoms with Gasteiger partial charge in [-0.15, -0.1) is 0 Å². The van der Waals surface area contributed by atoms with Gasteiger partial charge >= 0.3 is 0 Å². The Bertz CT molecular complexity index is 291. The van der Waals surface area contributed by atoms with Crippen LogP contribution in [0.2, 0.25) is 0 Å². The van der Waals surface area contributed by atoms with Crippen LogP contribution in [0.15, 0.2) is 6.20 Å². The molecule has 0 aromatic carbocycles. The molecule has 0 spiro atoms. The summed E-state index contributed by atoms with van der Waals surface area (Å²) in [5.74, 6) is 1.47. The van der Waals surface area contributed by atoms with E-state index in [0.717, 1.165) is 12.5 Å². The first-order chi connectivity index (χ1) is 5.70. The second kappa shape index (κ2) is 2.51. The van der Waals surface area contributed by atoms with Gasteiger partial charge in [0.1, 0.15) is 6.61 Å². The SMILES string of the molecule is CC(C)c1cnn2c1OCC2C. The number of hydrogen-bond donors (Lipinski definition) is 0. The molecule has 0 amide bonds. The Labute approximate surface area is 72.3 Å². The predicted molar refractivity (Wildman–Crippen MR) is 46.5 cm³/mol. The zero-order valence-electron chi connectivity index (χ0n) is 7.74. The fourth-order valence-corrected chi connectivity index (χ4v) is 1.49. The molecule has 0 N–H and O–H groups in total.